The van der Waals surface area contributed by atoms with Crippen LogP contribution in [-0.4, -0.2) is 36.1 Å². The summed E-state index contributed by atoms with van der Waals surface area (Å²) in [4.78, 5) is 26.3. The third-order valence-corrected chi connectivity index (χ3v) is 4.74. The van der Waals surface area contributed by atoms with Crippen LogP contribution in [0.25, 0.3) is 0 Å². The zero-order valence-corrected chi connectivity index (χ0v) is 15.6. The first kappa shape index (κ1) is 19.6. The fourth-order valence-corrected chi connectivity index (χ4v) is 3.32. The maximum absolute atomic E-state index is 12.8. The molecular formula is C19H27ClN2O3. The molecule has 0 bridgehead atoms. The molecule has 1 saturated carbocycles. The largest absolute Gasteiger partial charge is 0.466 e. The molecular weight excluding hydrogens is 340 g/mol. The highest BCUT2D eigenvalue weighted by Crippen LogP contribution is 2.23. The van der Waals surface area contributed by atoms with E-state index in [2.05, 4.69) is 5.32 Å². The Morgan fingerprint density at radius 2 is 1.80 bits per heavy atom. The van der Waals surface area contributed by atoms with Gasteiger partial charge in [0.15, 0.2) is 0 Å². The van der Waals surface area contributed by atoms with Crippen LogP contribution in [0.3, 0.4) is 0 Å². The number of esters is 1. The lowest BCUT2D eigenvalue weighted by Crippen LogP contribution is -2.44. The van der Waals surface area contributed by atoms with Crippen molar-refractivity contribution in [3.05, 3.63) is 29.3 Å². The van der Waals surface area contributed by atoms with Gasteiger partial charge < -0.3 is 15.0 Å². The first-order chi connectivity index (χ1) is 12.1. The molecule has 0 heterocycles. The van der Waals surface area contributed by atoms with E-state index in [1.807, 2.05) is 0 Å². The zero-order valence-electron chi connectivity index (χ0n) is 14.8. The number of anilines is 1. The smallest absolute Gasteiger partial charge is 0.322 e. The average molecular weight is 367 g/mol. The lowest BCUT2D eigenvalue weighted by molar-refractivity contribution is -0.143. The van der Waals surface area contributed by atoms with Gasteiger partial charge in [-0.1, -0.05) is 37.3 Å². The van der Waals surface area contributed by atoms with E-state index in [1.165, 1.54) is 12.8 Å². The summed E-state index contributed by atoms with van der Waals surface area (Å²) in [5.74, 6) is -0.264. The van der Waals surface area contributed by atoms with Crippen molar-refractivity contribution in [2.75, 3.05) is 18.5 Å². The monoisotopic (exact) mass is 366 g/mol. The number of hydrogen-bond donors (Lipinski definition) is 1. The fourth-order valence-electron chi connectivity index (χ4n) is 3.19. The molecule has 0 atom stereocenters. The summed E-state index contributed by atoms with van der Waals surface area (Å²) in [7, 11) is 0. The van der Waals surface area contributed by atoms with Gasteiger partial charge in [0.1, 0.15) is 0 Å². The predicted molar refractivity (Wildman–Crippen MR) is 99.9 cm³/mol. The van der Waals surface area contributed by atoms with Crippen LogP contribution in [0.15, 0.2) is 24.3 Å². The van der Waals surface area contributed by atoms with Crippen molar-refractivity contribution in [1.29, 1.82) is 0 Å². The third-order valence-electron chi connectivity index (χ3n) is 4.48. The van der Waals surface area contributed by atoms with Gasteiger partial charge in [0, 0.05) is 23.3 Å². The van der Waals surface area contributed by atoms with Crippen molar-refractivity contribution in [2.45, 2.75) is 57.9 Å². The van der Waals surface area contributed by atoms with Crippen LogP contribution in [0.2, 0.25) is 5.02 Å². The Hall–Kier alpha value is -1.75. The van der Waals surface area contributed by atoms with E-state index in [0.717, 1.165) is 25.7 Å². The van der Waals surface area contributed by atoms with Crippen molar-refractivity contribution in [2.24, 2.45) is 0 Å². The molecule has 1 aromatic rings. The van der Waals surface area contributed by atoms with Crippen LogP contribution in [0.5, 0.6) is 0 Å². The van der Waals surface area contributed by atoms with Gasteiger partial charge in [0.2, 0.25) is 0 Å². The number of nitrogens with zero attached hydrogens (tertiary/aromatic N) is 1. The molecule has 1 N–H and O–H groups in total. The summed E-state index contributed by atoms with van der Waals surface area (Å²) in [6.45, 7) is 2.52. The minimum Gasteiger partial charge on any atom is -0.466 e. The van der Waals surface area contributed by atoms with E-state index in [1.54, 1.807) is 36.1 Å². The second-order valence-electron chi connectivity index (χ2n) is 6.33. The summed E-state index contributed by atoms with van der Waals surface area (Å²) < 4.78 is 5.00. The Morgan fingerprint density at radius 1 is 1.16 bits per heavy atom. The van der Waals surface area contributed by atoms with E-state index in [0.29, 0.717) is 23.9 Å². The van der Waals surface area contributed by atoms with E-state index in [-0.39, 0.29) is 24.5 Å². The Balaban J connectivity index is 2.04. The van der Waals surface area contributed by atoms with Gasteiger partial charge in [-0.3, -0.25) is 4.79 Å². The molecule has 0 spiro atoms. The van der Waals surface area contributed by atoms with Gasteiger partial charge in [0.05, 0.1) is 13.0 Å². The van der Waals surface area contributed by atoms with Crippen LogP contribution < -0.4 is 5.32 Å². The number of urea groups is 1. The average Bonchev–Trinajstić information content (AvgIpc) is 2.87. The second kappa shape index (κ2) is 10.3. The van der Waals surface area contributed by atoms with Crippen molar-refractivity contribution in [3.63, 3.8) is 0 Å². The standard InChI is InChI=1S/C19H27ClN2O3/c1-2-25-18(23)13-14-22(17-7-5-3-4-6-8-17)19(24)21-16-11-9-15(20)10-12-16/h9-12,17H,2-8,13-14H2,1H3,(H,21,24). The fraction of sp³-hybridized carbons (Fsp3) is 0.579. The van der Waals surface area contributed by atoms with Crippen LogP contribution in [0, 0.1) is 0 Å². The summed E-state index contributed by atoms with van der Waals surface area (Å²) in [6.07, 6.45) is 6.84. The molecule has 0 saturated heterocycles. The summed E-state index contributed by atoms with van der Waals surface area (Å²) >= 11 is 5.89. The molecule has 5 nitrogen and oxygen atoms in total. The second-order valence-corrected chi connectivity index (χ2v) is 6.77. The first-order valence-electron chi connectivity index (χ1n) is 9.09. The number of carbonyl (C=O) groups is 2. The number of halogens is 1. The highest BCUT2D eigenvalue weighted by molar-refractivity contribution is 6.30. The molecule has 138 valence electrons. The zero-order chi connectivity index (χ0) is 18.1. The Morgan fingerprint density at radius 3 is 2.40 bits per heavy atom. The molecule has 6 heteroatoms. The normalized spacial score (nSPS) is 15.3. The van der Waals surface area contributed by atoms with Crippen molar-refractivity contribution in [3.8, 4) is 0 Å². The minimum atomic E-state index is -0.264. The number of hydrogen-bond acceptors (Lipinski definition) is 3. The molecule has 0 aliphatic heterocycles. The topological polar surface area (TPSA) is 58.6 Å². The number of benzene rings is 1. The SMILES string of the molecule is CCOC(=O)CCN(C(=O)Nc1ccc(Cl)cc1)C1CCCCCC1. The maximum atomic E-state index is 12.8. The first-order valence-corrected chi connectivity index (χ1v) is 9.46. The number of carbonyl (C=O) groups excluding carboxylic acids is 2. The predicted octanol–water partition coefficient (Wildman–Crippen LogP) is 4.85. The minimum absolute atomic E-state index is 0.168. The van der Waals surface area contributed by atoms with Crippen LogP contribution >= 0.6 is 11.6 Å². The van der Waals surface area contributed by atoms with E-state index >= 15 is 0 Å². The molecule has 1 fully saturated rings. The number of ether oxygens (including phenoxy) is 1. The van der Waals surface area contributed by atoms with Gasteiger partial charge in [-0.15, -0.1) is 0 Å². The van der Waals surface area contributed by atoms with Crippen LogP contribution in [-0.2, 0) is 9.53 Å². The highest BCUT2D eigenvalue weighted by Gasteiger charge is 2.25. The molecule has 1 aliphatic carbocycles. The lowest BCUT2D eigenvalue weighted by Gasteiger charge is -2.31. The van der Waals surface area contributed by atoms with Gasteiger partial charge >= 0.3 is 12.0 Å². The van der Waals surface area contributed by atoms with E-state index < -0.39 is 0 Å². The summed E-state index contributed by atoms with van der Waals surface area (Å²) in [5.41, 5.74) is 0.698. The lowest BCUT2D eigenvalue weighted by atomic mass is 10.1. The Bertz CT molecular complexity index is 554. The molecule has 25 heavy (non-hydrogen) atoms. The summed E-state index contributed by atoms with van der Waals surface area (Å²) in [5, 5.41) is 3.54. The highest BCUT2D eigenvalue weighted by atomic mass is 35.5. The molecule has 2 rings (SSSR count). The van der Waals surface area contributed by atoms with Crippen molar-refractivity contribution >= 4 is 29.3 Å². The molecule has 0 aromatic heterocycles. The number of rotatable bonds is 6. The van der Waals surface area contributed by atoms with Crippen molar-refractivity contribution in [1.82, 2.24) is 4.90 Å². The van der Waals surface area contributed by atoms with Gasteiger partial charge in [-0.25, -0.2) is 4.79 Å². The summed E-state index contributed by atoms with van der Waals surface area (Å²) in [6, 6.07) is 7.04. The third kappa shape index (κ3) is 6.58. The number of nitrogens with one attached hydrogen (secondary N) is 1. The molecule has 2 amide bonds. The Labute approximate surface area is 154 Å². The van der Waals surface area contributed by atoms with Gasteiger partial charge in [-0.2, -0.15) is 0 Å². The van der Waals surface area contributed by atoms with Gasteiger partial charge in [-0.05, 0) is 44.0 Å². The molecule has 0 radical (unpaired) electrons. The number of amides is 2. The van der Waals surface area contributed by atoms with Gasteiger partial charge in [0.25, 0.3) is 0 Å². The maximum Gasteiger partial charge on any atom is 0.322 e. The Kier molecular flexibility index (Phi) is 8.06. The van der Waals surface area contributed by atoms with Crippen molar-refractivity contribution < 1.29 is 14.3 Å². The molecule has 1 aromatic carbocycles. The molecule has 1 aliphatic rings. The van der Waals surface area contributed by atoms with E-state index in [9.17, 15) is 9.59 Å². The van der Waals surface area contributed by atoms with Crippen LogP contribution in [0.4, 0.5) is 10.5 Å². The van der Waals surface area contributed by atoms with Crippen LogP contribution in [0.1, 0.15) is 51.9 Å². The quantitative estimate of drug-likeness (QED) is 0.578. The molecule has 0 unspecified atom stereocenters. The van der Waals surface area contributed by atoms with E-state index in [4.69, 9.17) is 16.3 Å².